The number of hydrogen-bond acceptors (Lipinski definition) is 5. The molecule has 0 bridgehead atoms. The summed E-state index contributed by atoms with van der Waals surface area (Å²) in [6.07, 6.45) is 7.14. The predicted molar refractivity (Wildman–Crippen MR) is 83.0 cm³/mol. The van der Waals surface area contributed by atoms with Crippen molar-refractivity contribution < 1.29 is 0 Å². The molecule has 0 saturated carbocycles. The van der Waals surface area contributed by atoms with E-state index in [2.05, 4.69) is 27.1 Å². The first-order valence-corrected chi connectivity index (χ1v) is 7.31. The lowest BCUT2D eigenvalue weighted by Crippen LogP contribution is -1.89. The lowest BCUT2D eigenvalue weighted by atomic mass is 10.2. The maximum Gasteiger partial charge on any atom is 0.159 e. The lowest BCUT2D eigenvalue weighted by molar-refractivity contribution is 1.10. The van der Waals surface area contributed by atoms with Crippen molar-refractivity contribution in [2.75, 3.05) is 0 Å². The van der Waals surface area contributed by atoms with Gasteiger partial charge in [0.1, 0.15) is 0 Å². The molecule has 4 aromatic heterocycles. The van der Waals surface area contributed by atoms with Crippen molar-refractivity contribution in [2.24, 2.45) is 0 Å². The smallest absolute Gasteiger partial charge is 0.159 e. The van der Waals surface area contributed by atoms with Crippen LogP contribution in [0.2, 0.25) is 0 Å². The second-order valence-electron chi connectivity index (χ2n) is 4.67. The van der Waals surface area contributed by atoms with Crippen LogP contribution in [0.3, 0.4) is 0 Å². The average molecular weight is 293 g/mol. The Morgan fingerprint density at radius 2 is 1.95 bits per heavy atom. The molecule has 1 N–H and O–H groups in total. The Kier molecular flexibility index (Phi) is 2.75. The van der Waals surface area contributed by atoms with Gasteiger partial charge in [0.25, 0.3) is 0 Å². The molecule has 0 amide bonds. The lowest BCUT2D eigenvalue weighted by Gasteiger charge is -1.99. The number of aromatic nitrogens is 5. The first-order chi connectivity index (χ1) is 10.3. The van der Waals surface area contributed by atoms with Crippen molar-refractivity contribution in [1.29, 1.82) is 0 Å². The largest absolute Gasteiger partial charge is 0.277 e. The Labute approximate surface area is 124 Å². The summed E-state index contributed by atoms with van der Waals surface area (Å²) in [6.45, 7) is 2.08. The van der Waals surface area contributed by atoms with Crippen LogP contribution in [-0.2, 0) is 0 Å². The predicted octanol–water partition coefficient (Wildman–Crippen LogP) is 3.45. The zero-order valence-electron chi connectivity index (χ0n) is 11.2. The summed E-state index contributed by atoms with van der Waals surface area (Å²) in [6, 6.07) is 5.80. The molecule has 0 aliphatic carbocycles. The Morgan fingerprint density at radius 1 is 1.10 bits per heavy atom. The topological polar surface area (TPSA) is 67.3 Å². The zero-order chi connectivity index (χ0) is 14.2. The van der Waals surface area contributed by atoms with Gasteiger partial charge >= 0.3 is 0 Å². The summed E-state index contributed by atoms with van der Waals surface area (Å²) < 4.78 is 1.08. The molecule has 6 heteroatoms. The summed E-state index contributed by atoms with van der Waals surface area (Å²) in [5, 5.41) is 7.02. The number of fused-ring (bicyclic) bond motifs is 1. The number of aryl methyl sites for hydroxylation is 1. The highest BCUT2D eigenvalue weighted by molar-refractivity contribution is 7.22. The Balaban J connectivity index is 1.91. The van der Waals surface area contributed by atoms with Gasteiger partial charge < -0.3 is 0 Å². The summed E-state index contributed by atoms with van der Waals surface area (Å²) in [7, 11) is 0. The van der Waals surface area contributed by atoms with E-state index < -0.39 is 0 Å². The molecule has 4 aromatic rings. The van der Waals surface area contributed by atoms with Gasteiger partial charge in [-0.2, -0.15) is 5.10 Å². The number of nitrogens with zero attached hydrogens (tertiary/aromatic N) is 4. The van der Waals surface area contributed by atoms with Crippen molar-refractivity contribution in [3.05, 3.63) is 48.5 Å². The number of aromatic amines is 1. The third kappa shape index (κ3) is 2.00. The Bertz CT molecular complexity index is 897. The molecule has 5 nitrogen and oxygen atoms in total. The molecule has 4 rings (SSSR count). The van der Waals surface area contributed by atoms with Gasteiger partial charge in [-0.3, -0.25) is 10.1 Å². The number of pyridine rings is 1. The summed E-state index contributed by atoms with van der Waals surface area (Å²) in [5.74, 6) is 0.724. The molecular formula is C15H11N5S. The highest BCUT2D eigenvalue weighted by Crippen LogP contribution is 2.36. The molecule has 0 saturated heterocycles. The van der Waals surface area contributed by atoms with Gasteiger partial charge in [0.15, 0.2) is 5.82 Å². The van der Waals surface area contributed by atoms with Crippen molar-refractivity contribution in [2.45, 2.75) is 6.92 Å². The van der Waals surface area contributed by atoms with Crippen molar-refractivity contribution >= 4 is 21.6 Å². The van der Waals surface area contributed by atoms with Crippen LogP contribution in [0.5, 0.6) is 0 Å². The van der Waals surface area contributed by atoms with Gasteiger partial charge in [0.2, 0.25) is 0 Å². The minimum atomic E-state index is 0.724. The molecule has 4 heterocycles. The van der Waals surface area contributed by atoms with Crippen LogP contribution >= 0.6 is 11.3 Å². The quantitative estimate of drug-likeness (QED) is 0.614. The van der Waals surface area contributed by atoms with E-state index in [1.165, 1.54) is 0 Å². The molecule has 0 fully saturated rings. The van der Waals surface area contributed by atoms with Gasteiger partial charge in [0, 0.05) is 30.4 Å². The number of H-pyrrole nitrogens is 1. The van der Waals surface area contributed by atoms with Gasteiger partial charge in [0.05, 0.1) is 20.8 Å². The maximum absolute atomic E-state index is 4.71. The van der Waals surface area contributed by atoms with Crippen LogP contribution in [0.1, 0.15) is 5.56 Å². The molecule has 21 heavy (non-hydrogen) atoms. The molecular weight excluding hydrogens is 282 g/mol. The second-order valence-corrected chi connectivity index (χ2v) is 5.72. The number of hydrogen-bond donors (Lipinski definition) is 1. The van der Waals surface area contributed by atoms with Crippen LogP contribution in [0.4, 0.5) is 0 Å². The third-order valence-electron chi connectivity index (χ3n) is 3.35. The first-order valence-electron chi connectivity index (χ1n) is 6.49. The Morgan fingerprint density at radius 3 is 2.71 bits per heavy atom. The molecule has 0 aliphatic rings. The van der Waals surface area contributed by atoms with E-state index in [0.717, 1.165) is 37.7 Å². The van der Waals surface area contributed by atoms with E-state index in [9.17, 15) is 0 Å². The molecule has 0 spiro atoms. The number of nitrogens with one attached hydrogen (secondary N) is 1. The summed E-state index contributed by atoms with van der Waals surface area (Å²) >= 11 is 1.68. The van der Waals surface area contributed by atoms with Gasteiger partial charge in [-0.15, -0.1) is 11.3 Å². The fraction of sp³-hybridized carbons (Fsp3) is 0.0667. The highest BCUT2D eigenvalue weighted by Gasteiger charge is 2.14. The van der Waals surface area contributed by atoms with E-state index in [1.54, 1.807) is 29.9 Å². The minimum Gasteiger partial charge on any atom is -0.277 e. The SMILES string of the molecule is Cc1c(-c2ccn[nH]2)sc2cnc(-c3ccncc3)nc12. The van der Waals surface area contributed by atoms with Gasteiger partial charge in [-0.1, -0.05) is 0 Å². The van der Waals surface area contributed by atoms with Crippen molar-refractivity contribution in [1.82, 2.24) is 25.1 Å². The zero-order valence-corrected chi connectivity index (χ0v) is 12.1. The first kappa shape index (κ1) is 12.2. The Hall–Kier alpha value is -2.60. The fourth-order valence-electron chi connectivity index (χ4n) is 2.29. The van der Waals surface area contributed by atoms with Crippen molar-refractivity contribution in [3.8, 4) is 22.0 Å². The van der Waals surface area contributed by atoms with E-state index in [1.807, 2.05) is 24.4 Å². The van der Waals surface area contributed by atoms with Crippen LogP contribution < -0.4 is 0 Å². The normalized spacial score (nSPS) is 11.1. The number of thiophene rings is 1. The number of rotatable bonds is 2. The van der Waals surface area contributed by atoms with E-state index >= 15 is 0 Å². The molecule has 0 aliphatic heterocycles. The summed E-state index contributed by atoms with van der Waals surface area (Å²) in [5.41, 5.74) is 4.13. The molecule has 0 atom stereocenters. The van der Waals surface area contributed by atoms with Crippen LogP contribution in [0.25, 0.3) is 32.2 Å². The third-order valence-corrected chi connectivity index (χ3v) is 4.60. The summed E-state index contributed by atoms with van der Waals surface area (Å²) in [4.78, 5) is 14.4. The van der Waals surface area contributed by atoms with Gasteiger partial charge in [-0.25, -0.2) is 9.97 Å². The monoisotopic (exact) mass is 293 g/mol. The standard InChI is InChI=1S/C15H11N5S/c1-9-13-12(21-14(9)11-4-7-18-20-11)8-17-15(19-13)10-2-5-16-6-3-10/h2-8H,1H3,(H,18,20). The van der Waals surface area contributed by atoms with Crippen molar-refractivity contribution in [3.63, 3.8) is 0 Å². The highest BCUT2D eigenvalue weighted by atomic mass is 32.1. The molecule has 0 unspecified atom stereocenters. The van der Waals surface area contributed by atoms with E-state index in [0.29, 0.717) is 0 Å². The van der Waals surface area contributed by atoms with E-state index in [4.69, 9.17) is 4.98 Å². The van der Waals surface area contributed by atoms with Crippen LogP contribution in [0, 0.1) is 6.92 Å². The van der Waals surface area contributed by atoms with Crippen LogP contribution in [-0.4, -0.2) is 25.1 Å². The van der Waals surface area contributed by atoms with Gasteiger partial charge in [-0.05, 0) is 30.7 Å². The molecule has 0 radical (unpaired) electrons. The van der Waals surface area contributed by atoms with E-state index in [-0.39, 0.29) is 0 Å². The average Bonchev–Trinajstić information content (AvgIpc) is 3.16. The van der Waals surface area contributed by atoms with Crippen LogP contribution in [0.15, 0.2) is 43.0 Å². The fourth-order valence-corrected chi connectivity index (χ4v) is 3.38. The molecule has 102 valence electrons. The maximum atomic E-state index is 4.71. The molecule has 0 aromatic carbocycles. The second kappa shape index (κ2) is 4.75. The minimum absolute atomic E-state index is 0.724.